The summed E-state index contributed by atoms with van der Waals surface area (Å²) in [6, 6.07) is 16.4. The van der Waals surface area contributed by atoms with Crippen LogP contribution >= 0.6 is 0 Å². The third kappa shape index (κ3) is 4.29. The molecule has 1 fully saturated rings. The molecule has 1 heterocycles. The smallest absolute Gasteiger partial charge is 0.339 e. The molecule has 0 aliphatic heterocycles. The number of hydrogen-bond acceptors (Lipinski definition) is 4. The lowest BCUT2D eigenvalue weighted by Gasteiger charge is -2.21. The van der Waals surface area contributed by atoms with Crippen molar-refractivity contribution in [3.63, 3.8) is 0 Å². The van der Waals surface area contributed by atoms with Crippen molar-refractivity contribution in [2.45, 2.75) is 70.8 Å². The van der Waals surface area contributed by atoms with E-state index in [1.54, 1.807) is 0 Å². The van der Waals surface area contributed by atoms with Crippen molar-refractivity contribution in [1.29, 1.82) is 0 Å². The molecule has 0 amide bonds. The second kappa shape index (κ2) is 8.83. The van der Waals surface area contributed by atoms with E-state index in [4.69, 9.17) is 9.72 Å². The highest BCUT2D eigenvalue weighted by Crippen LogP contribution is 2.38. The lowest BCUT2D eigenvalue weighted by molar-refractivity contribution is -0.129. The first kappa shape index (κ1) is 22.5. The molecule has 4 nitrogen and oxygen atoms in total. The molecule has 5 rings (SSSR count). The minimum Gasteiger partial charge on any atom is -0.451 e. The van der Waals surface area contributed by atoms with Crippen molar-refractivity contribution in [2.75, 3.05) is 0 Å². The van der Waals surface area contributed by atoms with Crippen LogP contribution in [0.3, 0.4) is 0 Å². The molecule has 0 radical (unpaired) electrons. The monoisotopic (exact) mass is 453 g/mol. The highest BCUT2D eigenvalue weighted by Gasteiger charge is 2.31. The fourth-order valence-electron chi connectivity index (χ4n) is 5.06. The maximum Gasteiger partial charge on any atom is 0.339 e. The van der Waals surface area contributed by atoms with Crippen LogP contribution in [0.1, 0.15) is 85.6 Å². The molecule has 3 aromatic rings. The number of carbonyl (C=O) groups is 2. The molecule has 2 aliphatic carbocycles. The Bertz CT molecular complexity index is 1300. The van der Waals surface area contributed by atoms with Crippen LogP contribution in [0.4, 0.5) is 0 Å². The number of benzene rings is 2. The predicted octanol–water partition coefficient (Wildman–Crippen LogP) is 6.69. The maximum atomic E-state index is 13.4. The Morgan fingerprint density at radius 3 is 2.50 bits per heavy atom. The Labute approximate surface area is 201 Å². The molecular formula is C30H31NO3. The van der Waals surface area contributed by atoms with Gasteiger partial charge in [0.2, 0.25) is 0 Å². The second-order valence-electron chi connectivity index (χ2n) is 10.5. The van der Waals surface area contributed by atoms with Crippen LogP contribution in [-0.2, 0) is 21.4 Å². The Hall–Kier alpha value is -3.27. The van der Waals surface area contributed by atoms with Gasteiger partial charge >= 0.3 is 5.97 Å². The summed E-state index contributed by atoms with van der Waals surface area (Å²) in [7, 11) is 0. The average Bonchev–Trinajstić information content (AvgIpc) is 3.20. The van der Waals surface area contributed by atoms with Gasteiger partial charge in [0, 0.05) is 11.8 Å². The van der Waals surface area contributed by atoms with Gasteiger partial charge in [0.15, 0.2) is 11.9 Å². The molecule has 0 saturated heterocycles. The number of ketones is 1. The maximum absolute atomic E-state index is 13.4. The van der Waals surface area contributed by atoms with Crippen LogP contribution in [0.2, 0.25) is 0 Å². The van der Waals surface area contributed by atoms with Crippen molar-refractivity contribution in [2.24, 2.45) is 0 Å². The molecule has 0 spiro atoms. The summed E-state index contributed by atoms with van der Waals surface area (Å²) in [6.45, 7) is 6.64. The molecule has 0 bridgehead atoms. The van der Waals surface area contributed by atoms with Gasteiger partial charge in [-0.05, 0) is 71.9 Å². The molecule has 1 unspecified atom stereocenters. The summed E-state index contributed by atoms with van der Waals surface area (Å²) in [4.78, 5) is 30.7. The molecule has 1 aromatic heterocycles. The zero-order valence-electron chi connectivity index (χ0n) is 20.2. The lowest BCUT2D eigenvalue weighted by Crippen LogP contribution is -2.30. The molecule has 1 saturated carbocycles. The van der Waals surface area contributed by atoms with Gasteiger partial charge in [0.1, 0.15) is 0 Å². The highest BCUT2D eigenvalue weighted by molar-refractivity contribution is 6.07. The van der Waals surface area contributed by atoms with E-state index in [1.807, 2.05) is 24.3 Å². The first-order valence-electron chi connectivity index (χ1n) is 12.3. The van der Waals surface area contributed by atoms with E-state index in [1.165, 1.54) is 5.56 Å². The zero-order chi connectivity index (χ0) is 23.9. The number of nitrogens with zero attached hydrogens (tertiary/aromatic N) is 1. The Balaban J connectivity index is 1.54. The van der Waals surface area contributed by atoms with Gasteiger partial charge in [-0.15, -0.1) is 0 Å². The van der Waals surface area contributed by atoms with Crippen molar-refractivity contribution in [3.05, 3.63) is 76.5 Å². The highest BCUT2D eigenvalue weighted by atomic mass is 16.5. The molecule has 1 atom stereocenters. The number of Topliss-reactive ketones (excluding diaryl/α,β-unsaturated/α-hetero) is 1. The first-order chi connectivity index (χ1) is 16.3. The van der Waals surface area contributed by atoms with E-state index in [-0.39, 0.29) is 11.2 Å². The number of ether oxygens (including phenoxy) is 1. The summed E-state index contributed by atoms with van der Waals surface area (Å²) in [5, 5.41) is 0.797. The largest absolute Gasteiger partial charge is 0.451 e. The molecule has 34 heavy (non-hydrogen) atoms. The van der Waals surface area contributed by atoms with Gasteiger partial charge in [0.25, 0.3) is 0 Å². The topological polar surface area (TPSA) is 56.3 Å². The summed E-state index contributed by atoms with van der Waals surface area (Å²) in [6.07, 6.45) is 6.02. The van der Waals surface area contributed by atoms with Crippen LogP contribution < -0.4 is 0 Å². The quantitative estimate of drug-likeness (QED) is 0.415. The number of aromatic nitrogens is 1. The van der Waals surface area contributed by atoms with Gasteiger partial charge in [-0.2, -0.15) is 0 Å². The van der Waals surface area contributed by atoms with Crippen LogP contribution in [-0.4, -0.2) is 22.8 Å². The van der Waals surface area contributed by atoms with Gasteiger partial charge in [-0.25, -0.2) is 9.78 Å². The number of carbonyl (C=O) groups excluding carboxylic acids is 2. The molecule has 2 aromatic carbocycles. The standard InChI is InChI=1S/C30H31NO3/c1-30(2,3)21-15-12-19(13-16-21)18-20-14-17-23-27(22-8-4-5-9-24(22)31-28(20)23)29(33)34-26-11-7-6-10-25(26)32/h4-5,8-9,12-13,15-16,18,26H,6-7,10-11,14,17H2,1-3H3. The van der Waals surface area contributed by atoms with E-state index in [9.17, 15) is 9.59 Å². The van der Waals surface area contributed by atoms with E-state index in [2.05, 4.69) is 51.1 Å². The Kier molecular flexibility index (Phi) is 5.85. The number of allylic oxidation sites excluding steroid dienone is 1. The Morgan fingerprint density at radius 1 is 1.00 bits per heavy atom. The van der Waals surface area contributed by atoms with E-state index in [0.717, 1.165) is 59.0 Å². The van der Waals surface area contributed by atoms with Gasteiger partial charge in [0.05, 0.1) is 16.8 Å². The van der Waals surface area contributed by atoms with Gasteiger partial charge < -0.3 is 4.74 Å². The van der Waals surface area contributed by atoms with Crippen molar-refractivity contribution in [3.8, 4) is 0 Å². The number of pyridine rings is 1. The van der Waals surface area contributed by atoms with Crippen LogP contribution in [0, 0.1) is 0 Å². The zero-order valence-corrected chi connectivity index (χ0v) is 20.2. The van der Waals surface area contributed by atoms with Crippen molar-refractivity contribution in [1.82, 2.24) is 4.98 Å². The molecular weight excluding hydrogens is 422 g/mol. The summed E-state index contributed by atoms with van der Waals surface area (Å²) in [5.74, 6) is -0.361. The summed E-state index contributed by atoms with van der Waals surface area (Å²) < 4.78 is 5.79. The van der Waals surface area contributed by atoms with E-state index < -0.39 is 12.1 Å². The third-order valence-electron chi connectivity index (χ3n) is 7.01. The third-order valence-corrected chi connectivity index (χ3v) is 7.01. The fourth-order valence-corrected chi connectivity index (χ4v) is 5.06. The number of hydrogen-bond donors (Lipinski definition) is 0. The summed E-state index contributed by atoms with van der Waals surface area (Å²) >= 11 is 0. The number of fused-ring (bicyclic) bond motifs is 2. The number of para-hydroxylation sites is 1. The normalized spacial score (nSPS) is 19.4. The fraction of sp³-hybridized carbons (Fsp3) is 0.367. The SMILES string of the molecule is CC(C)(C)c1ccc(C=C2CCc3c2nc2ccccc2c3C(=O)OC2CCCCC2=O)cc1. The first-order valence-corrected chi connectivity index (χ1v) is 12.3. The number of rotatable bonds is 3. The van der Waals surface area contributed by atoms with E-state index >= 15 is 0 Å². The minimum absolute atomic E-state index is 0.0360. The predicted molar refractivity (Wildman–Crippen MR) is 136 cm³/mol. The molecule has 174 valence electrons. The van der Waals surface area contributed by atoms with Crippen LogP contribution in [0.25, 0.3) is 22.6 Å². The van der Waals surface area contributed by atoms with Gasteiger partial charge in [-0.1, -0.05) is 63.2 Å². The molecule has 4 heteroatoms. The number of esters is 1. The lowest BCUT2D eigenvalue weighted by atomic mass is 9.86. The van der Waals surface area contributed by atoms with Crippen molar-refractivity contribution >= 4 is 34.3 Å². The summed E-state index contributed by atoms with van der Waals surface area (Å²) in [5.41, 5.74) is 6.83. The molecule has 0 N–H and O–H groups in total. The van der Waals surface area contributed by atoms with Gasteiger partial charge in [-0.3, -0.25) is 4.79 Å². The minimum atomic E-state index is -0.624. The molecule has 2 aliphatic rings. The van der Waals surface area contributed by atoms with Crippen LogP contribution in [0.15, 0.2) is 48.5 Å². The van der Waals surface area contributed by atoms with E-state index in [0.29, 0.717) is 18.4 Å². The average molecular weight is 454 g/mol. The van der Waals surface area contributed by atoms with Crippen LogP contribution in [0.5, 0.6) is 0 Å². The Morgan fingerprint density at radius 2 is 1.76 bits per heavy atom. The second-order valence-corrected chi connectivity index (χ2v) is 10.5. The van der Waals surface area contributed by atoms with Crippen molar-refractivity contribution < 1.29 is 14.3 Å².